The number of carboxylic acids is 1. The minimum absolute atomic E-state index is 0.137. The van der Waals surface area contributed by atoms with Crippen molar-refractivity contribution in [2.24, 2.45) is 0 Å². The first-order chi connectivity index (χ1) is 44.6. The van der Waals surface area contributed by atoms with Crippen molar-refractivity contribution in [3.8, 4) is 0 Å². The molecule has 91 heavy (non-hydrogen) atoms. The number of quaternary nitrogens is 1. The van der Waals surface area contributed by atoms with Gasteiger partial charge in [-0.1, -0.05) is 307 Å². The van der Waals surface area contributed by atoms with Gasteiger partial charge < -0.3 is 33.3 Å². The standard InChI is InChI=1S/C82H135NO8/c1-6-8-10-12-14-16-18-20-22-24-26-28-30-32-34-36-38-40-42-44-46-48-50-52-54-56-58-60-62-64-66-68-70-72-79(84)89-76-78(77-90-82(81(86)87)88-75-74-83(3,4)5)91-80(85)73-71-69-67-65-63-61-59-57-55-53-51-49-47-45-43-41-39-37-35-33-31-29-27-25-23-21-19-17-15-13-11-9-7-2/h8-11,14-17,20-23,26-29,33,35,39,41,45,47,51,53,57,59,78,82H,6-7,12-13,18-19,24-25,30-32,34,36-38,40,42-44,46,48-50,52,54-56,58,60-77H2,1-5H3/b10-8-,11-9-,16-14-,17-15-,22-20-,23-21-,28-26-,29-27-,35-33-,41-39-,47-45-,53-51-,59-57-. The van der Waals surface area contributed by atoms with Crippen LogP contribution in [0.4, 0.5) is 0 Å². The van der Waals surface area contributed by atoms with Crippen LogP contribution in [0, 0.1) is 0 Å². The molecule has 0 aliphatic carbocycles. The van der Waals surface area contributed by atoms with E-state index in [1.165, 1.54) is 116 Å². The smallest absolute Gasteiger partial charge is 0.306 e. The highest BCUT2D eigenvalue weighted by atomic mass is 16.7. The molecule has 0 fully saturated rings. The molecule has 0 rings (SSSR count). The van der Waals surface area contributed by atoms with Crippen LogP contribution < -0.4 is 5.11 Å². The van der Waals surface area contributed by atoms with Crippen LogP contribution in [-0.4, -0.2) is 82.3 Å². The zero-order chi connectivity index (χ0) is 66.1. The monoisotopic (exact) mass is 1260 g/mol. The molecule has 0 aromatic carbocycles. The second-order valence-corrected chi connectivity index (χ2v) is 25.1. The third kappa shape index (κ3) is 72.2. The average molecular weight is 1260 g/mol. The van der Waals surface area contributed by atoms with E-state index in [0.29, 0.717) is 17.4 Å². The minimum atomic E-state index is -1.64. The van der Waals surface area contributed by atoms with Gasteiger partial charge in [0.05, 0.1) is 40.3 Å². The van der Waals surface area contributed by atoms with Crippen molar-refractivity contribution in [1.82, 2.24) is 0 Å². The third-order valence-electron chi connectivity index (χ3n) is 15.3. The number of unbranched alkanes of at least 4 members (excludes halogenated alkanes) is 25. The maximum Gasteiger partial charge on any atom is 0.306 e. The Balaban J connectivity index is 4.16. The summed E-state index contributed by atoms with van der Waals surface area (Å²) in [5.41, 5.74) is 0. The largest absolute Gasteiger partial charge is 0.545 e. The summed E-state index contributed by atoms with van der Waals surface area (Å²) in [6.45, 7) is 4.50. The number of rotatable bonds is 66. The molecule has 2 unspecified atom stereocenters. The fraction of sp³-hybridized carbons (Fsp3) is 0.646. The van der Waals surface area contributed by atoms with Crippen molar-refractivity contribution < 1.29 is 42.9 Å². The topological polar surface area (TPSA) is 111 Å². The lowest BCUT2D eigenvalue weighted by molar-refractivity contribution is -0.870. The van der Waals surface area contributed by atoms with Crippen molar-refractivity contribution in [3.63, 3.8) is 0 Å². The first kappa shape index (κ1) is 85.9. The second-order valence-electron chi connectivity index (χ2n) is 25.1. The zero-order valence-electron chi connectivity index (χ0n) is 58.9. The van der Waals surface area contributed by atoms with Crippen LogP contribution in [-0.2, 0) is 33.3 Å². The Labute approximate surface area is 559 Å². The number of likely N-dealkylation sites (N-methyl/N-ethyl adjacent to an activating group) is 1. The Morgan fingerprint density at radius 2 is 0.593 bits per heavy atom. The molecule has 0 saturated carbocycles. The predicted molar refractivity (Wildman–Crippen MR) is 389 cm³/mol. The molecular formula is C82H135NO8. The normalized spacial score (nSPS) is 13.6. The lowest BCUT2D eigenvalue weighted by atomic mass is 10.0. The van der Waals surface area contributed by atoms with E-state index in [0.717, 1.165) is 135 Å². The van der Waals surface area contributed by atoms with Gasteiger partial charge in [-0.25, -0.2) is 0 Å². The van der Waals surface area contributed by atoms with E-state index < -0.39 is 24.3 Å². The Kier molecular flexibility index (Phi) is 66.8. The van der Waals surface area contributed by atoms with Crippen LogP contribution >= 0.6 is 0 Å². The Hall–Kier alpha value is -5.09. The number of allylic oxidation sites excluding steroid dienone is 26. The van der Waals surface area contributed by atoms with Crippen LogP contribution in [0.3, 0.4) is 0 Å². The Morgan fingerprint density at radius 3 is 0.879 bits per heavy atom. The summed E-state index contributed by atoms with van der Waals surface area (Å²) in [4.78, 5) is 37.5. The predicted octanol–water partition coefficient (Wildman–Crippen LogP) is 21.9. The molecule has 9 heteroatoms. The van der Waals surface area contributed by atoms with E-state index in [2.05, 4.69) is 172 Å². The van der Waals surface area contributed by atoms with Gasteiger partial charge in [0.1, 0.15) is 13.2 Å². The van der Waals surface area contributed by atoms with Crippen LogP contribution in [0.15, 0.2) is 158 Å². The molecule has 2 atom stereocenters. The zero-order valence-corrected chi connectivity index (χ0v) is 58.9. The van der Waals surface area contributed by atoms with Crippen molar-refractivity contribution >= 4 is 17.9 Å². The first-order valence-corrected chi connectivity index (χ1v) is 36.6. The fourth-order valence-electron chi connectivity index (χ4n) is 9.76. The number of carbonyl (C=O) groups is 3. The maximum absolute atomic E-state index is 12.9. The molecule has 0 N–H and O–H groups in total. The number of hydrogen-bond acceptors (Lipinski definition) is 8. The Bertz CT molecular complexity index is 2060. The molecule has 0 bridgehead atoms. The van der Waals surface area contributed by atoms with Gasteiger partial charge in [0.15, 0.2) is 12.4 Å². The van der Waals surface area contributed by atoms with Crippen LogP contribution in [0.2, 0.25) is 0 Å². The van der Waals surface area contributed by atoms with Gasteiger partial charge in [-0.15, -0.1) is 0 Å². The summed E-state index contributed by atoms with van der Waals surface area (Å²) in [6, 6.07) is 0. The van der Waals surface area contributed by atoms with Gasteiger partial charge in [0.25, 0.3) is 0 Å². The second kappa shape index (κ2) is 70.8. The number of esters is 2. The summed E-state index contributed by atoms with van der Waals surface area (Å²) in [7, 11) is 5.92. The quantitative estimate of drug-likeness (QED) is 0.0195. The fourth-order valence-corrected chi connectivity index (χ4v) is 9.76. The van der Waals surface area contributed by atoms with Crippen LogP contribution in [0.5, 0.6) is 0 Å². The number of carbonyl (C=O) groups excluding carboxylic acids is 3. The number of ether oxygens (including phenoxy) is 4. The van der Waals surface area contributed by atoms with Gasteiger partial charge in [-0.3, -0.25) is 9.59 Å². The van der Waals surface area contributed by atoms with Crippen molar-refractivity contribution in [2.75, 3.05) is 47.5 Å². The molecule has 0 aliphatic rings. The summed E-state index contributed by atoms with van der Waals surface area (Å²) in [5, 5.41) is 11.8. The molecule has 0 aliphatic heterocycles. The molecule has 516 valence electrons. The summed E-state index contributed by atoms with van der Waals surface area (Å²) in [6.07, 6.45) is 102. The van der Waals surface area contributed by atoms with E-state index in [1.54, 1.807) is 0 Å². The molecule has 0 spiro atoms. The number of aliphatic carboxylic acids is 1. The number of carboxylic acid groups (broad SMARTS) is 1. The number of hydrogen-bond donors (Lipinski definition) is 0. The molecular weight excluding hydrogens is 1130 g/mol. The summed E-state index contributed by atoms with van der Waals surface area (Å²) < 4.78 is 22.8. The van der Waals surface area contributed by atoms with Crippen LogP contribution in [0.1, 0.15) is 284 Å². The van der Waals surface area contributed by atoms with E-state index in [4.69, 9.17) is 18.9 Å². The van der Waals surface area contributed by atoms with Gasteiger partial charge in [-0.2, -0.15) is 0 Å². The summed E-state index contributed by atoms with van der Waals surface area (Å²) in [5.74, 6) is -2.31. The Morgan fingerprint density at radius 1 is 0.330 bits per heavy atom. The van der Waals surface area contributed by atoms with E-state index >= 15 is 0 Å². The van der Waals surface area contributed by atoms with Gasteiger partial charge in [0.2, 0.25) is 0 Å². The molecule has 0 heterocycles. The molecule has 9 nitrogen and oxygen atoms in total. The van der Waals surface area contributed by atoms with E-state index in [1.807, 2.05) is 21.1 Å². The van der Waals surface area contributed by atoms with Crippen molar-refractivity contribution in [3.05, 3.63) is 158 Å². The minimum Gasteiger partial charge on any atom is -0.545 e. The molecule has 0 radical (unpaired) electrons. The third-order valence-corrected chi connectivity index (χ3v) is 15.3. The average Bonchev–Trinajstić information content (AvgIpc) is 3.46. The lowest BCUT2D eigenvalue weighted by Crippen LogP contribution is -2.44. The number of nitrogens with zero attached hydrogens (tertiary/aromatic N) is 1. The first-order valence-electron chi connectivity index (χ1n) is 36.6. The van der Waals surface area contributed by atoms with Crippen molar-refractivity contribution in [2.45, 2.75) is 296 Å². The highest BCUT2D eigenvalue weighted by Crippen LogP contribution is 2.17. The van der Waals surface area contributed by atoms with Crippen molar-refractivity contribution in [1.29, 1.82) is 0 Å². The molecule has 0 aromatic heterocycles. The highest BCUT2D eigenvalue weighted by Gasteiger charge is 2.22. The van der Waals surface area contributed by atoms with Gasteiger partial charge in [0, 0.05) is 12.8 Å². The van der Waals surface area contributed by atoms with Crippen LogP contribution in [0.25, 0.3) is 0 Å². The molecule has 0 amide bonds. The van der Waals surface area contributed by atoms with E-state index in [-0.39, 0.29) is 38.6 Å². The highest BCUT2D eigenvalue weighted by molar-refractivity contribution is 5.70. The van der Waals surface area contributed by atoms with E-state index in [9.17, 15) is 19.5 Å². The van der Waals surface area contributed by atoms with Gasteiger partial charge >= 0.3 is 11.9 Å². The van der Waals surface area contributed by atoms with Gasteiger partial charge in [-0.05, 0) is 122 Å². The lowest BCUT2D eigenvalue weighted by Gasteiger charge is -2.26. The molecule has 0 saturated heterocycles. The molecule has 0 aromatic rings. The summed E-state index contributed by atoms with van der Waals surface area (Å²) >= 11 is 0. The maximum atomic E-state index is 12.9. The SMILES string of the molecule is CC/C=C\C/C=C\C/C=C\C/C=C\C/C=C\C/C=C\C/C=C\C/C=C\C/C=C\CCCCCCCC(=O)OC(COC(=O)CCCCCCCCCCCCCCCCCCCCCC/C=C\C/C=C\C/C=C\C/C=C\CC)COC(OCC[N+](C)(C)C)C(=O)[O-].